The molecular formula is C27H26ClF3N2O4S. The van der Waals surface area contributed by atoms with Gasteiger partial charge in [0.2, 0.25) is 0 Å². The van der Waals surface area contributed by atoms with Crippen LogP contribution >= 0.6 is 23.4 Å². The quantitative estimate of drug-likeness (QED) is 0.173. The fourth-order valence-corrected chi connectivity index (χ4v) is 6.27. The minimum atomic E-state index is -1.27. The largest absolute Gasteiger partial charge is 0.497 e. The Kier molecular flexibility index (Phi) is 9.17. The summed E-state index contributed by atoms with van der Waals surface area (Å²) in [7, 11) is 1.52. The number of ketones is 1. The molecule has 0 spiro atoms. The monoisotopic (exact) mass is 566 g/mol. The molecule has 4 rings (SSSR count). The first-order chi connectivity index (χ1) is 18.2. The molecule has 11 heteroatoms. The zero-order valence-electron chi connectivity index (χ0n) is 20.5. The van der Waals surface area contributed by atoms with E-state index in [0.717, 1.165) is 17.8 Å². The molecule has 38 heavy (non-hydrogen) atoms. The molecule has 2 heterocycles. The third kappa shape index (κ3) is 6.24. The number of carboxylic acids is 1. The molecule has 1 fully saturated rings. The van der Waals surface area contributed by atoms with Crippen LogP contribution in [0.5, 0.6) is 5.75 Å². The molecule has 2 aromatic carbocycles. The zero-order valence-corrected chi connectivity index (χ0v) is 22.1. The van der Waals surface area contributed by atoms with Gasteiger partial charge < -0.3 is 15.2 Å². The number of Topliss-reactive ketones (excluding diaryl/α,β-unsaturated/α-hetero) is 1. The molecule has 6 nitrogen and oxygen atoms in total. The van der Waals surface area contributed by atoms with Crippen LogP contribution in [0.1, 0.15) is 36.0 Å². The first kappa shape index (κ1) is 28.2. The van der Waals surface area contributed by atoms with Gasteiger partial charge in [0.15, 0.2) is 17.4 Å². The molecular weight excluding hydrogens is 541 g/mol. The van der Waals surface area contributed by atoms with Gasteiger partial charge in [0.25, 0.3) is 0 Å². The van der Waals surface area contributed by atoms with Crippen molar-refractivity contribution < 1.29 is 32.6 Å². The number of nitrogens with zero attached hydrogens (tertiary/aromatic N) is 1. The smallest absolute Gasteiger partial charge is 0.308 e. The van der Waals surface area contributed by atoms with Gasteiger partial charge in [0.05, 0.1) is 23.6 Å². The lowest BCUT2D eigenvalue weighted by Crippen LogP contribution is -2.49. The molecule has 0 aliphatic carbocycles. The predicted molar refractivity (Wildman–Crippen MR) is 140 cm³/mol. The van der Waals surface area contributed by atoms with Crippen molar-refractivity contribution in [3.05, 3.63) is 64.6 Å². The topological polar surface area (TPSA) is 88.5 Å². The summed E-state index contributed by atoms with van der Waals surface area (Å²) < 4.78 is 46.2. The number of nitrogens with one attached hydrogen (secondary N) is 1. The van der Waals surface area contributed by atoms with Gasteiger partial charge in [-0.05, 0) is 61.7 Å². The number of benzene rings is 2. The molecule has 0 amide bonds. The Hall–Kier alpha value is -2.82. The van der Waals surface area contributed by atoms with Crippen LogP contribution in [0.4, 0.5) is 13.2 Å². The van der Waals surface area contributed by atoms with Crippen molar-refractivity contribution >= 4 is 46.0 Å². The number of carboxylic acid groups (broad SMARTS) is 1. The maximum Gasteiger partial charge on any atom is 0.308 e. The van der Waals surface area contributed by atoms with Crippen LogP contribution in [-0.2, 0) is 4.79 Å². The third-order valence-corrected chi connectivity index (χ3v) is 8.18. The Bertz CT molecular complexity index is 1360. The van der Waals surface area contributed by atoms with Crippen LogP contribution in [0, 0.1) is 29.3 Å². The van der Waals surface area contributed by atoms with Crippen molar-refractivity contribution in [1.29, 1.82) is 0 Å². The summed E-state index contributed by atoms with van der Waals surface area (Å²) >= 11 is 7.28. The van der Waals surface area contributed by atoms with Crippen LogP contribution < -0.4 is 10.1 Å². The van der Waals surface area contributed by atoms with Crippen LogP contribution in [0.25, 0.3) is 10.9 Å². The number of halogens is 4. The van der Waals surface area contributed by atoms with Crippen molar-refractivity contribution in [3.63, 3.8) is 0 Å². The lowest BCUT2D eigenvalue weighted by Gasteiger charge is -2.36. The number of piperidine rings is 1. The number of thioether (sulfide) groups is 1. The van der Waals surface area contributed by atoms with E-state index in [9.17, 15) is 27.9 Å². The number of methoxy groups -OCH3 is 1. The standard InChI is InChI=1S/C27H26ClF3N2O4S/c1-37-16-3-4-20-17(12-16)25(18(28)13-33-20)22(34)5-2-14-6-8-32-21(24(14)27(35)36)7-9-38-23-11-15(29)10-19(30)26(23)31/h3-4,10-14,21,24,32H,2,5-9H2,1H3,(H,35,36). The second kappa shape index (κ2) is 12.4. The number of ether oxygens (including phenoxy) is 1. The Morgan fingerprint density at radius 3 is 2.74 bits per heavy atom. The lowest BCUT2D eigenvalue weighted by atomic mass is 9.77. The van der Waals surface area contributed by atoms with Gasteiger partial charge in [0, 0.05) is 40.6 Å². The summed E-state index contributed by atoms with van der Waals surface area (Å²) in [6, 6.07) is 6.14. The molecule has 1 saturated heterocycles. The third-order valence-electron chi connectivity index (χ3n) is 6.84. The van der Waals surface area contributed by atoms with E-state index in [-0.39, 0.29) is 33.8 Å². The Balaban J connectivity index is 1.44. The molecule has 0 bridgehead atoms. The maximum absolute atomic E-state index is 14.0. The Labute approximate surface area is 226 Å². The minimum Gasteiger partial charge on any atom is -0.497 e. The van der Waals surface area contributed by atoms with E-state index >= 15 is 0 Å². The summed E-state index contributed by atoms with van der Waals surface area (Å²) in [6.45, 7) is 0.553. The molecule has 1 aromatic heterocycles. The summed E-state index contributed by atoms with van der Waals surface area (Å²) in [5.74, 6) is -4.73. The van der Waals surface area contributed by atoms with Crippen LogP contribution in [0.15, 0.2) is 41.4 Å². The van der Waals surface area contributed by atoms with Gasteiger partial charge in [-0.25, -0.2) is 13.2 Å². The van der Waals surface area contributed by atoms with Gasteiger partial charge in [-0.3, -0.25) is 14.6 Å². The first-order valence-electron chi connectivity index (χ1n) is 12.1. The molecule has 3 atom stereocenters. The second-order valence-corrected chi connectivity index (χ2v) is 10.7. The van der Waals surface area contributed by atoms with Crippen molar-refractivity contribution in [2.24, 2.45) is 11.8 Å². The zero-order chi connectivity index (χ0) is 27.4. The molecule has 3 unspecified atom stereocenters. The van der Waals surface area contributed by atoms with Crippen LogP contribution in [0.2, 0.25) is 5.02 Å². The Morgan fingerprint density at radius 1 is 1.21 bits per heavy atom. The number of hydrogen-bond acceptors (Lipinski definition) is 6. The lowest BCUT2D eigenvalue weighted by molar-refractivity contribution is -0.146. The van der Waals surface area contributed by atoms with Gasteiger partial charge in [0.1, 0.15) is 11.6 Å². The Morgan fingerprint density at radius 2 is 2.00 bits per heavy atom. The molecule has 1 aliphatic heterocycles. The number of aliphatic carboxylic acids is 1. The van der Waals surface area contributed by atoms with E-state index < -0.39 is 35.4 Å². The average Bonchev–Trinajstić information content (AvgIpc) is 2.89. The minimum absolute atomic E-state index is 0.0970. The van der Waals surface area contributed by atoms with E-state index in [1.807, 2.05) is 0 Å². The number of carbonyl (C=O) groups is 2. The maximum atomic E-state index is 14.0. The summed E-state index contributed by atoms with van der Waals surface area (Å²) in [6.07, 6.45) is 2.77. The fraction of sp³-hybridized carbons (Fsp3) is 0.370. The van der Waals surface area contributed by atoms with E-state index in [4.69, 9.17) is 16.3 Å². The van der Waals surface area contributed by atoms with E-state index in [2.05, 4.69) is 10.3 Å². The first-order valence-corrected chi connectivity index (χ1v) is 13.4. The van der Waals surface area contributed by atoms with Gasteiger partial charge in [-0.15, -0.1) is 11.8 Å². The molecule has 0 radical (unpaired) electrons. The van der Waals surface area contributed by atoms with E-state index in [0.29, 0.717) is 54.1 Å². The molecule has 202 valence electrons. The molecule has 3 aromatic rings. The summed E-state index contributed by atoms with van der Waals surface area (Å²) in [4.78, 5) is 29.6. The van der Waals surface area contributed by atoms with Gasteiger partial charge >= 0.3 is 5.97 Å². The van der Waals surface area contributed by atoms with Crippen molar-refractivity contribution in [3.8, 4) is 5.75 Å². The summed E-state index contributed by atoms with van der Waals surface area (Å²) in [5.41, 5.74) is 0.921. The summed E-state index contributed by atoms with van der Waals surface area (Å²) in [5, 5.41) is 14.0. The van der Waals surface area contributed by atoms with Crippen molar-refractivity contribution in [1.82, 2.24) is 10.3 Å². The van der Waals surface area contributed by atoms with Crippen LogP contribution in [0.3, 0.4) is 0 Å². The van der Waals surface area contributed by atoms with Gasteiger partial charge in [-0.2, -0.15) is 0 Å². The highest BCUT2D eigenvalue weighted by molar-refractivity contribution is 7.99. The predicted octanol–water partition coefficient (Wildman–Crippen LogP) is 6.14. The molecule has 0 saturated carbocycles. The second-order valence-electron chi connectivity index (χ2n) is 9.14. The van der Waals surface area contributed by atoms with E-state index in [1.165, 1.54) is 13.3 Å². The number of carbonyl (C=O) groups excluding carboxylic acids is 1. The number of rotatable bonds is 10. The highest BCUT2D eigenvalue weighted by Gasteiger charge is 2.38. The normalized spacial score (nSPS) is 19.4. The fourth-order valence-electron chi connectivity index (χ4n) is 5.00. The number of pyridine rings is 1. The van der Waals surface area contributed by atoms with Crippen molar-refractivity contribution in [2.45, 2.75) is 36.6 Å². The van der Waals surface area contributed by atoms with Gasteiger partial charge in [-0.1, -0.05) is 11.6 Å². The molecule has 2 N–H and O–H groups in total. The number of fused-ring (bicyclic) bond motifs is 1. The average molecular weight is 567 g/mol. The van der Waals surface area contributed by atoms with Crippen molar-refractivity contribution in [2.75, 3.05) is 19.4 Å². The molecule has 1 aliphatic rings. The number of hydrogen-bond donors (Lipinski definition) is 2. The van der Waals surface area contributed by atoms with Crippen LogP contribution in [-0.4, -0.2) is 47.3 Å². The highest BCUT2D eigenvalue weighted by Crippen LogP contribution is 2.34. The SMILES string of the molecule is COc1ccc2ncc(Cl)c(C(=O)CCC3CCNC(CCSc4cc(F)cc(F)c4F)C3C(=O)O)c2c1. The number of aromatic nitrogens is 1. The highest BCUT2D eigenvalue weighted by atomic mass is 35.5. The van der Waals surface area contributed by atoms with E-state index in [1.54, 1.807) is 18.2 Å².